The molecule has 6 heteroatoms. The Morgan fingerprint density at radius 1 is 1.35 bits per heavy atom. The lowest BCUT2D eigenvalue weighted by Gasteiger charge is -2.40. The van der Waals surface area contributed by atoms with E-state index in [1.54, 1.807) is 6.92 Å². The van der Waals surface area contributed by atoms with Crippen LogP contribution in [0.5, 0.6) is 0 Å². The molecule has 0 aliphatic carbocycles. The molecule has 1 fully saturated rings. The second-order valence-corrected chi connectivity index (χ2v) is 8.38. The molecule has 0 aromatic rings. The Labute approximate surface area is 122 Å². The Kier molecular flexibility index (Phi) is 6.68. The standard InChI is InChI=1S/C14H29O5P/c1-9(2)7-12-8-17-11(5)13(15)14(12)19-20(6,16)18-10(3)4/h9-15H,7-8H2,1-6H3. The van der Waals surface area contributed by atoms with Crippen molar-refractivity contribution < 1.29 is 23.5 Å². The largest absolute Gasteiger partial charge is 0.388 e. The molecule has 0 aromatic carbocycles. The zero-order valence-corrected chi connectivity index (χ0v) is 14.3. The van der Waals surface area contributed by atoms with Crippen LogP contribution in [0.25, 0.3) is 0 Å². The van der Waals surface area contributed by atoms with E-state index in [0.717, 1.165) is 6.42 Å². The quantitative estimate of drug-likeness (QED) is 0.764. The van der Waals surface area contributed by atoms with Crippen molar-refractivity contribution in [1.82, 2.24) is 0 Å². The van der Waals surface area contributed by atoms with Gasteiger partial charge < -0.3 is 18.9 Å². The SMILES string of the molecule is CC(C)CC1COC(C)C(O)C1OP(C)(=O)OC(C)C. The van der Waals surface area contributed by atoms with E-state index in [2.05, 4.69) is 13.8 Å². The topological polar surface area (TPSA) is 65.0 Å². The fraction of sp³-hybridized carbons (Fsp3) is 1.00. The maximum Gasteiger partial charge on any atom is 0.328 e. The summed E-state index contributed by atoms with van der Waals surface area (Å²) in [6.45, 7) is 11.6. The Bertz CT molecular complexity index is 344. The van der Waals surface area contributed by atoms with Crippen LogP contribution in [0.2, 0.25) is 0 Å². The zero-order valence-electron chi connectivity index (χ0n) is 13.4. The van der Waals surface area contributed by atoms with E-state index in [-0.39, 0.29) is 18.1 Å². The molecule has 5 unspecified atom stereocenters. The number of ether oxygens (including phenoxy) is 1. The van der Waals surface area contributed by atoms with E-state index >= 15 is 0 Å². The van der Waals surface area contributed by atoms with Crippen molar-refractivity contribution in [3.63, 3.8) is 0 Å². The molecule has 0 radical (unpaired) electrons. The van der Waals surface area contributed by atoms with Gasteiger partial charge in [-0.3, -0.25) is 4.57 Å². The van der Waals surface area contributed by atoms with Crippen LogP contribution in [0, 0.1) is 11.8 Å². The van der Waals surface area contributed by atoms with E-state index in [1.807, 2.05) is 13.8 Å². The molecule has 1 saturated heterocycles. The molecular formula is C14H29O5P. The van der Waals surface area contributed by atoms with Crippen molar-refractivity contribution in [3.05, 3.63) is 0 Å². The molecule has 1 aliphatic heterocycles. The highest BCUT2D eigenvalue weighted by molar-refractivity contribution is 7.53. The average Bonchev–Trinajstić information content (AvgIpc) is 2.26. The molecule has 1 N–H and O–H groups in total. The molecule has 1 heterocycles. The molecule has 5 atom stereocenters. The van der Waals surface area contributed by atoms with Crippen LogP contribution < -0.4 is 0 Å². The predicted molar refractivity (Wildman–Crippen MR) is 79.0 cm³/mol. The molecule has 20 heavy (non-hydrogen) atoms. The van der Waals surface area contributed by atoms with Gasteiger partial charge in [-0.15, -0.1) is 0 Å². The van der Waals surface area contributed by atoms with Crippen LogP contribution in [0.1, 0.15) is 41.0 Å². The number of aliphatic hydroxyl groups is 1. The van der Waals surface area contributed by atoms with Gasteiger partial charge in [0.2, 0.25) is 0 Å². The number of rotatable bonds is 6. The summed E-state index contributed by atoms with van der Waals surface area (Å²) in [6, 6.07) is 0. The van der Waals surface area contributed by atoms with E-state index in [1.165, 1.54) is 6.66 Å². The lowest BCUT2D eigenvalue weighted by Crippen LogP contribution is -2.50. The molecule has 1 aliphatic rings. The fourth-order valence-electron chi connectivity index (χ4n) is 2.60. The molecular weight excluding hydrogens is 279 g/mol. The van der Waals surface area contributed by atoms with Crippen molar-refractivity contribution in [2.24, 2.45) is 11.8 Å². The smallest absolute Gasteiger partial charge is 0.328 e. The minimum atomic E-state index is -3.18. The van der Waals surface area contributed by atoms with Crippen LogP contribution in [-0.4, -0.2) is 42.8 Å². The lowest BCUT2D eigenvalue weighted by atomic mass is 9.86. The third kappa shape index (κ3) is 5.45. The molecule has 120 valence electrons. The summed E-state index contributed by atoms with van der Waals surface area (Å²) in [4.78, 5) is 0. The molecule has 0 amide bonds. The van der Waals surface area contributed by atoms with Gasteiger partial charge in [0, 0.05) is 12.6 Å². The average molecular weight is 308 g/mol. The van der Waals surface area contributed by atoms with Gasteiger partial charge in [0.1, 0.15) is 12.2 Å². The summed E-state index contributed by atoms with van der Waals surface area (Å²) in [5.74, 6) is 0.489. The zero-order chi connectivity index (χ0) is 15.5. The van der Waals surface area contributed by atoms with E-state index in [9.17, 15) is 9.67 Å². The van der Waals surface area contributed by atoms with Gasteiger partial charge in [0.05, 0.1) is 18.8 Å². The lowest BCUT2D eigenvalue weighted by molar-refractivity contribution is -0.154. The van der Waals surface area contributed by atoms with Crippen LogP contribution in [-0.2, 0) is 18.3 Å². The van der Waals surface area contributed by atoms with Gasteiger partial charge in [-0.1, -0.05) is 13.8 Å². The highest BCUT2D eigenvalue weighted by Crippen LogP contribution is 2.49. The van der Waals surface area contributed by atoms with Crippen LogP contribution in [0.15, 0.2) is 0 Å². The highest BCUT2D eigenvalue weighted by Gasteiger charge is 2.41. The van der Waals surface area contributed by atoms with Crippen LogP contribution in [0.4, 0.5) is 0 Å². The normalized spacial score (nSPS) is 34.5. The molecule has 5 nitrogen and oxygen atoms in total. The molecule has 1 rings (SSSR count). The number of aliphatic hydroxyl groups excluding tert-OH is 1. The van der Waals surface area contributed by atoms with Crippen LogP contribution >= 0.6 is 7.60 Å². The Morgan fingerprint density at radius 2 is 1.95 bits per heavy atom. The summed E-state index contributed by atoms with van der Waals surface area (Å²) >= 11 is 0. The molecule has 0 saturated carbocycles. The van der Waals surface area contributed by atoms with Gasteiger partial charge in [-0.05, 0) is 33.1 Å². The third-order valence-electron chi connectivity index (χ3n) is 3.34. The first kappa shape index (κ1) is 18.1. The number of hydrogen-bond donors (Lipinski definition) is 1. The third-order valence-corrected chi connectivity index (χ3v) is 4.78. The van der Waals surface area contributed by atoms with Crippen molar-refractivity contribution >= 4 is 7.60 Å². The van der Waals surface area contributed by atoms with Gasteiger partial charge in [-0.25, -0.2) is 0 Å². The summed E-state index contributed by atoms with van der Waals surface area (Å²) in [7, 11) is -3.18. The van der Waals surface area contributed by atoms with Gasteiger partial charge in [0.15, 0.2) is 0 Å². The van der Waals surface area contributed by atoms with Crippen molar-refractivity contribution in [2.75, 3.05) is 13.3 Å². The molecule has 0 spiro atoms. The van der Waals surface area contributed by atoms with Gasteiger partial charge in [0.25, 0.3) is 0 Å². The Hall–Kier alpha value is 0.0700. The second kappa shape index (κ2) is 7.37. The maximum atomic E-state index is 12.4. The van der Waals surface area contributed by atoms with Gasteiger partial charge >= 0.3 is 7.60 Å². The van der Waals surface area contributed by atoms with Gasteiger partial charge in [-0.2, -0.15) is 0 Å². The molecule has 0 aromatic heterocycles. The van der Waals surface area contributed by atoms with E-state index in [4.69, 9.17) is 13.8 Å². The predicted octanol–water partition coefficient (Wildman–Crippen LogP) is 3.06. The second-order valence-electron chi connectivity index (χ2n) is 6.41. The Balaban J connectivity index is 2.80. The van der Waals surface area contributed by atoms with Crippen molar-refractivity contribution in [2.45, 2.75) is 65.5 Å². The monoisotopic (exact) mass is 308 g/mol. The van der Waals surface area contributed by atoms with Crippen LogP contribution in [0.3, 0.4) is 0 Å². The maximum absolute atomic E-state index is 12.4. The summed E-state index contributed by atoms with van der Waals surface area (Å²) in [5.41, 5.74) is 0. The van der Waals surface area contributed by atoms with Crippen molar-refractivity contribution in [3.8, 4) is 0 Å². The van der Waals surface area contributed by atoms with E-state index in [0.29, 0.717) is 12.5 Å². The minimum absolute atomic E-state index is 0.0326. The summed E-state index contributed by atoms with van der Waals surface area (Å²) < 4.78 is 29.0. The first-order valence-electron chi connectivity index (χ1n) is 7.36. The first-order valence-corrected chi connectivity index (χ1v) is 9.35. The first-order chi connectivity index (χ1) is 9.12. The van der Waals surface area contributed by atoms with Crippen molar-refractivity contribution in [1.29, 1.82) is 0 Å². The Morgan fingerprint density at radius 3 is 2.45 bits per heavy atom. The summed E-state index contributed by atoms with van der Waals surface area (Å²) in [5, 5.41) is 10.3. The van der Waals surface area contributed by atoms with E-state index < -0.39 is 19.8 Å². The molecule has 0 bridgehead atoms. The number of hydrogen-bond acceptors (Lipinski definition) is 5. The highest BCUT2D eigenvalue weighted by atomic mass is 31.2. The minimum Gasteiger partial charge on any atom is -0.388 e. The fourth-order valence-corrected chi connectivity index (χ4v) is 4.15. The summed E-state index contributed by atoms with van der Waals surface area (Å²) in [6.07, 6.45) is -0.922.